The zero-order chi connectivity index (χ0) is 18.5. The van der Waals surface area contributed by atoms with Crippen LogP contribution in [0.4, 0.5) is 21.5 Å². The summed E-state index contributed by atoms with van der Waals surface area (Å²) in [6.07, 6.45) is 3.08. The van der Waals surface area contributed by atoms with Gasteiger partial charge in [0.15, 0.2) is 0 Å². The molecule has 4 nitrogen and oxygen atoms in total. The highest BCUT2D eigenvalue weighted by molar-refractivity contribution is 6.04. The summed E-state index contributed by atoms with van der Waals surface area (Å²) in [5.74, 6) is -0.145. The SMILES string of the molecule is CC(C)c1ccc(NC(=O)c2cncc(Nc3cccc(F)c3)c2)cc1. The quantitative estimate of drug-likeness (QED) is 0.654. The van der Waals surface area contributed by atoms with E-state index in [0.29, 0.717) is 22.9 Å². The number of rotatable bonds is 5. The first-order valence-electron chi connectivity index (χ1n) is 8.40. The molecule has 0 aliphatic rings. The number of benzene rings is 2. The molecule has 132 valence electrons. The van der Waals surface area contributed by atoms with Crippen molar-refractivity contribution < 1.29 is 9.18 Å². The third kappa shape index (κ3) is 4.45. The minimum Gasteiger partial charge on any atom is -0.354 e. The number of hydrogen-bond donors (Lipinski definition) is 2. The molecule has 26 heavy (non-hydrogen) atoms. The van der Waals surface area contributed by atoms with E-state index in [-0.39, 0.29) is 11.7 Å². The minimum absolute atomic E-state index is 0.252. The van der Waals surface area contributed by atoms with Gasteiger partial charge in [-0.2, -0.15) is 0 Å². The summed E-state index contributed by atoms with van der Waals surface area (Å²) in [5, 5.41) is 5.90. The number of pyridine rings is 1. The van der Waals surface area contributed by atoms with Crippen molar-refractivity contribution in [2.24, 2.45) is 0 Å². The lowest BCUT2D eigenvalue weighted by molar-refractivity contribution is 0.102. The molecule has 0 saturated carbocycles. The fraction of sp³-hybridized carbons (Fsp3) is 0.143. The molecule has 2 aromatic carbocycles. The van der Waals surface area contributed by atoms with Crippen LogP contribution in [-0.2, 0) is 0 Å². The first-order chi connectivity index (χ1) is 12.5. The highest BCUT2D eigenvalue weighted by Gasteiger charge is 2.08. The second-order valence-corrected chi connectivity index (χ2v) is 6.33. The molecule has 0 radical (unpaired) electrons. The van der Waals surface area contributed by atoms with Crippen LogP contribution in [0.1, 0.15) is 35.7 Å². The molecular formula is C21H20FN3O. The Kier molecular flexibility index (Phi) is 5.27. The van der Waals surface area contributed by atoms with Crippen LogP contribution < -0.4 is 10.6 Å². The fourth-order valence-electron chi connectivity index (χ4n) is 2.52. The molecule has 3 aromatic rings. The van der Waals surface area contributed by atoms with Gasteiger partial charge in [-0.25, -0.2) is 4.39 Å². The van der Waals surface area contributed by atoms with E-state index in [1.807, 2.05) is 24.3 Å². The van der Waals surface area contributed by atoms with Gasteiger partial charge in [-0.15, -0.1) is 0 Å². The monoisotopic (exact) mass is 349 g/mol. The highest BCUT2D eigenvalue weighted by atomic mass is 19.1. The zero-order valence-corrected chi connectivity index (χ0v) is 14.7. The Bertz CT molecular complexity index is 907. The van der Waals surface area contributed by atoms with Crippen molar-refractivity contribution >= 4 is 23.0 Å². The van der Waals surface area contributed by atoms with Gasteiger partial charge in [0, 0.05) is 17.6 Å². The van der Waals surface area contributed by atoms with E-state index < -0.39 is 0 Å². The Morgan fingerprint density at radius 1 is 0.962 bits per heavy atom. The second-order valence-electron chi connectivity index (χ2n) is 6.33. The van der Waals surface area contributed by atoms with Crippen molar-refractivity contribution in [3.05, 3.63) is 83.9 Å². The molecule has 1 aromatic heterocycles. The zero-order valence-electron chi connectivity index (χ0n) is 14.7. The molecule has 0 unspecified atom stereocenters. The number of nitrogens with one attached hydrogen (secondary N) is 2. The van der Waals surface area contributed by atoms with Gasteiger partial charge in [-0.3, -0.25) is 9.78 Å². The number of carbonyl (C=O) groups is 1. The Labute approximate surface area is 152 Å². The molecular weight excluding hydrogens is 329 g/mol. The number of amides is 1. The number of halogens is 1. The standard InChI is InChI=1S/C21H20FN3O/c1-14(2)15-6-8-18(9-7-15)25-21(26)16-10-20(13-23-12-16)24-19-5-3-4-17(22)11-19/h3-14,24H,1-2H3,(H,25,26). The van der Waals surface area contributed by atoms with Crippen LogP contribution in [0.5, 0.6) is 0 Å². The maximum Gasteiger partial charge on any atom is 0.257 e. The van der Waals surface area contributed by atoms with Crippen molar-refractivity contribution in [3.63, 3.8) is 0 Å². The van der Waals surface area contributed by atoms with Crippen LogP contribution in [0.25, 0.3) is 0 Å². The van der Waals surface area contributed by atoms with Gasteiger partial charge in [0.05, 0.1) is 17.4 Å². The summed E-state index contributed by atoms with van der Waals surface area (Å²) in [7, 11) is 0. The van der Waals surface area contributed by atoms with E-state index in [4.69, 9.17) is 0 Å². The summed E-state index contributed by atoms with van der Waals surface area (Å²) in [4.78, 5) is 16.5. The number of hydrogen-bond acceptors (Lipinski definition) is 3. The topological polar surface area (TPSA) is 54.0 Å². The largest absolute Gasteiger partial charge is 0.354 e. The summed E-state index contributed by atoms with van der Waals surface area (Å²) in [6.45, 7) is 4.24. The van der Waals surface area contributed by atoms with E-state index in [9.17, 15) is 9.18 Å². The van der Waals surface area contributed by atoms with Gasteiger partial charge in [-0.1, -0.05) is 32.0 Å². The summed E-state index contributed by atoms with van der Waals surface area (Å²) < 4.78 is 13.3. The number of nitrogens with zero attached hydrogens (tertiary/aromatic N) is 1. The Morgan fingerprint density at radius 2 is 1.73 bits per heavy atom. The third-order valence-electron chi connectivity index (χ3n) is 3.95. The van der Waals surface area contributed by atoms with Crippen molar-refractivity contribution in [1.29, 1.82) is 0 Å². The van der Waals surface area contributed by atoms with Gasteiger partial charge < -0.3 is 10.6 Å². The first-order valence-corrected chi connectivity index (χ1v) is 8.40. The molecule has 0 aliphatic carbocycles. The number of carbonyl (C=O) groups excluding carboxylic acids is 1. The van der Waals surface area contributed by atoms with E-state index in [1.54, 1.807) is 24.4 Å². The Balaban J connectivity index is 1.71. The normalized spacial score (nSPS) is 10.6. The molecule has 0 saturated heterocycles. The molecule has 3 rings (SSSR count). The highest BCUT2D eigenvalue weighted by Crippen LogP contribution is 2.20. The Hall–Kier alpha value is -3.21. The van der Waals surface area contributed by atoms with Crippen LogP contribution in [0.3, 0.4) is 0 Å². The van der Waals surface area contributed by atoms with Gasteiger partial charge in [0.1, 0.15) is 5.82 Å². The van der Waals surface area contributed by atoms with E-state index in [0.717, 1.165) is 5.69 Å². The van der Waals surface area contributed by atoms with E-state index in [1.165, 1.54) is 23.9 Å². The number of aromatic nitrogens is 1. The summed E-state index contributed by atoms with van der Waals surface area (Å²) >= 11 is 0. The van der Waals surface area contributed by atoms with E-state index >= 15 is 0 Å². The van der Waals surface area contributed by atoms with E-state index in [2.05, 4.69) is 29.5 Å². The molecule has 1 amide bonds. The molecule has 0 spiro atoms. The van der Waals surface area contributed by atoms with Crippen LogP contribution in [0, 0.1) is 5.82 Å². The van der Waals surface area contributed by atoms with Crippen LogP contribution in [0.2, 0.25) is 0 Å². The predicted octanol–water partition coefficient (Wildman–Crippen LogP) is 5.34. The predicted molar refractivity (Wildman–Crippen MR) is 102 cm³/mol. The maximum atomic E-state index is 13.3. The first kappa shape index (κ1) is 17.6. The van der Waals surface area contributed by atoms with Crippen LogP contribution >= 0.6 is 0 Å². The lowest BCUT2D eigenvalue weighted by atomic mass is 10.0. The maximum absolute atomic E-state index is 13.3. The molecule has 1 heterocycles. The van der Waals surface area contributed by atoms with Crippen molar-refractivity contribution in [2.75, 3.05) is 10.6 Å². The molecule has 0 atom stereocenters. The van der Waals surface area contributed by atoms with Gasteiger partial charge in [0.25, 0.3) is 5.91 Å². The average Bonchev–Trinajstić information content (AvgIpc) is 2.62. The Morgan fingerprint density at radius 3 is 2.42 bits per heavy atom. The van der Waals surface area contributed by atoms with Crippen molar-refractivity contribution in [2.45, 2.75) is 19.8 Å². The number of anilines is 3. The fourth-order valence-corrected chi connectivity index (χ4v) is 2.52. The van der Waals surface area contributed by atoms with Crippen molar-refractivity contribution in [1.82, 2.24) is 4.98 Å². The van der Waals surface area contributed by atoms with Crippen LogP contribution in [0.15, 0.2) is 67.0 Å². The summed E-state index contributed by atoms with van der Waals surface area (Å²) in [5.41, 5.74) is 3.56. The second kappa shape index (κ2) is 7.78. The minimum atomic E-state index is -0.332. The summed E-state index contributed by atoms with van der Waals surface area (Å²) in [6, 6.07) is 15.6. The lowest BCUT2D eigenvalue weighted by Gasteiger charge is -2.10. The molecule has 0 aliphatic heterocycles. The molecule has 0 fully saturated rings. The lowest BCUT2D eigenvalue weighted by Crippen LogP contribution is -2.12. The average molecular weight is 349 g/mol. The van der Waals surface area contributed by atoms with Crippen molar-refractivity contribution in [3.8, 4) is 0 Å². The van der Waals surface area contributed by atoms with Crippen LogP contribution in [-0.4, -0.2) is 10.9 Å². The van der Waals surface area contributed by atoms with Gasteiger partial charge in [-0.05, 0) is 47.9 Å². The van der Waals surface area contributed by atoms with Gasteiger partial charge >= 0.3 is 0 Å². The third-order valence-corrected chi connectivity index (χ3v) is 3.95. The molecule has 0 bridgehead atoms. The molecule has 5 heteroatoms. The smallest absolute Gasteiger partial charge is 0.257 e. The molecule has 2 N–H and O–H groups in total. The van der Waals surface area contributed by atoms with Gasteiger partial charge in [0.2, 0.25) is 0 Å².